The summed E-state index contributed by atoms with van der Waals surface area (Å²) in [6, 6.07) is 0. The second kappa shape index (κ2) is 5.13. The van der Waals surface area contributed by atoms with E-state index in [1.807, 2.05) is 11.9 Å². The van der Waals surface area contributed by atoms with Gasteiger partial charge in [-0.15, -0.1) is 0 Å². The van der Waals surface area contributed by atoms with Gasteiger partial charge in [0, 0.05) is 26.1 Å². The maximum absolute atomic E-state index is 10.6. The number of rotatable bonds is 4. The minimum Gasteiger partial charge on any atom is -0.381 e. The van der Waals surface area contributed by atoms with Gasteiger partial charge in [-0.3, -0.25) is 10.1 Å². The molecule has 1 aliphatic rings. The quantitative estimate of drug-likeness (QED) is 0.612. The molecule has 0 spiro atoms. The zero-order chi connectivity index (χ0) is 13.1. The molecule has 0 saturated carbocycles. The van der Waals surface area contributed by atoms with Gasteiger partial charge in [0.1, 0.15) is 6.20 Å². The normalized spacial score (nSPS) is 18.8. The van der Waals surface area contributed by atoms with Crippen molar-refractivity contribution in [2.24, 2.45) is 5.92 Å². The van der Waals surface area contributed by atoms with Crippen molar-refractivity contribution < 1.29 is 9.66 Å². The summed E-state index contributed by atoms with van der Waals surface area (Å²) in [7, 11) is 1.83. The first kappa shape index (κ1) is 12.5. The van der Waals surface area contributed by atoms with Crippen LogP contribution in [-0.2, 0) is 4.74 Å². The Kier molecular flexibility index (Phi) is 3.56. The van der Waals surface area contributed by atoms with Gasteiger partial charge in [-0.1, -0.05) is 0 Å². The second-order valence-electron chi connectivity index (χ2n) is 4.31. The number of hydrogen-bond donors (Lipinski definition) is 1. The van der Waals surface area contributed by atoms with Crippen LogP contribution < -0.4 is 10.6 Å². The fourth-order valence-corrected chi connectivity index (χ4v) is 1.90. The van der Waals surface area contributed by atoms with Gasteiger partial charge in [0.25, 0.3) is 0 Å². The molecule has 1 fully saturated rings. The fraction of sp³-hybridized carbons (Fsp3) is 0.600. The molecule has 1 aromatic heterocycles. The Morgan fingerprint density at radius 1 is 1.72 bits per heavy atom. The zero-order valence-electron chi connectivity index (χ0n) is 10.1. The number of aromatic nitrogens is 2. The van der Waals surface area contributed by atoms with Crippen LogP contribution in [0.5, 0.6) is 0 Å². The maximum atomic E-state index is 10.6. The highest BCUT2D eigenvalue weighted by Crippen LogP contribution is 2.21. The molecular weight excluding hydrogens is 238 g/mol. The van der Waals surface area contributed by atoms with Crippen molar-refractivity contribution in [3.05, 3.63) is 16.3 Å². The summed E-state index contributed by atoms with van der Waals surface area (Å²) >= 11 is 0. The summed E-state index contributed by atoms with van der Waals surface area (Å²) in [5.41, 5.74) is 5.26. The molecule has 0 aliphatic carbocycles. The maximum Gasteiger partial charge on any atom is 0.329 e. The van der Waals surface area contributed by atoms with E-state index in [9.17, 15) is 10.1 Å². The summed E-state index contributed by atoms with van der Waals surface area (Å²) in [4.78, 5) is 19.7. The van der Waals surface area contributed by atoms with Crippen molar-refractivity contribution in [1.29, 1.82) is 0 Å². The van der Waals surface area contributed by atoms with E-state index in [1.165, 1.54) is 0 Å². The minimum atomic E-state index is -0.593. The highest BCUT2D eigenvalue weighted by atomic mass is 16.6. The van der Waals surface area contributed by atoms with Crippen LogP contribution in [0.15, 0.2) is 6.20 Å². The molecule has 1 saturated heterocycles. The van der Waals surface area contributed by atoms with Crippen LogP contribution in [0.2, 0.25) is 0 Å². The molecular formula is C10H15N5O3. The smallest absolute Gasteiger partial charge is 0.329 e. The van der Waals surface area contributed by atoms with Gasteiger partial charge in [-0.05, 0) is 6.42 Å². The van der Waals surface area contributed by atoms with Crippen LogP contribution in [0.25, 0.3) is 0 Å². The van der Waals surface area contributed by atoms with E-state index < -0.39 is 4.92 Å². The molecule has 2 heterocycles. The Labute approximate surface area is 104 Å². The third-order valence-electron chi connectivity index (χ3n) is 2.88. The zero-order valence-corrected chi connectivity index (χ0v) is 10.1. The van der Waals surface area contributed by atoms with Gasteiger partial charge in [-0.2, -0.15) is 4.98 Å². The molecule has 0 unspecified atom stereocenters. The number of nitrogens with two attached hydrogens (primary N) is 1. The molecule has 2 rings (SSSR count). The van der Waals surface area contributed by atoms with Crippen LogP contribution in [0.1, 0.15) is 6.42 Å². The number of nitrogen functional groups attached to an aromatic ring is 1. The molecule has 1 atom stereocenters. The van der Waals surface area contributed by atoms with Gasteiger partial charge in [0.2, 0.25) is 11.8 Å². The predicted octanol–water partition coefficient (Wildman–Crippen LogP) is 0.440. The molecule has 8 heteroatoms. The number of ether oxygens (including phenoxy) is 1. The Bertz CT molecular complexity index is 447. The average molecular weight is 253 g/mol. The van der Waals surface area contributed by atoms with E-state index in [1.54, 1.807) is 0 Å². The van der Waals surface area contributed by atoms with Crippen LogP contribution in [0.4, 0.5) is 17.5 Å². The van der Waals surface area contributed by atoms with Crippen molar-refractivity contribution in [3.8, 4) is 0 Å². The van der Waals surface area contributed by atoms with Crippen molar-refractivity contribution in [2.45, 2.75) is 6.42 Å². The fourth-order valence-electron chi connectivity index (χ4n) is 1.90. The van der Waals surface area contributed by atoms with Crippen molar-refractivity contribution in [3.63, 3.8) is 0 Å². The van der Waals surface area contributed by atoms with Crippen LogP contribution in [-0.4, -0.2) is 41.7 Å². The molecule has 18 heavy (non-hydrogen) atoms. The highest BCUT2D eigenvalue weighted by Gasteiger charge is 2.20. The lowest BCUT2D eigenvalue weighted by Crippen LogP contribution is -2.27. The van der Waals surface area contributed by atoms with E-state index in [0.29, 0.717) is 11.9 Å². The van der Waals surface area contributed by atoms with Crippen LogP contribution in [0, 0.1) is 16.0 Å². The van der Waals surface area contributed by atoms with Crippen molar-refractivity contribution in [1.82, 2.24) is 9.97 Å². The molecule has 0 bridgehead atoms. The van der Waals surface area contributed by atoms with Crippen molar-refractivity contribution in [2.75, 3.05) is 37.4 Å². The highest BCUT2D eigenvalue weighted by molar-refractivity contribution is 5.53. The van der Waals surface area contributed by atoms with Gasteiger partial charge in [-0.25, -0.2) is 4.98 Å². The van der Waals surface area contributed by atoms with E-state index in [0.717, 1.165) is 32.4 Å². The molecule has 1 aromatic rings. The summed E-state index contributed by atoms with van der Waals surface area (Å²) in [5.74, 6) is 0.722. The summed E-state index contributed by atoms with van der Waals surface area (Å²) in [6.07, 6.45) is 2.14. The largest absolute Gasteiger partial charge is 0.381 e. The number of hydrogen-bond acceptors (Lipinski definition) is 7. The van der Waals surface area contributed by atoms with Gasteiger partial charge >= 0.3 is 5.69 Å². The Hall–Kier alpha value is -1.96. The van der Waals surface area contributed by atoms with E-state index >= 15 is 0 Å². The molecule has 2 N–H and O–H groups in total. The number of nitrogens with zero attached hydrogens (tertiary/aromatic N) is 4. The first-order valence-electron chi connectivity index (χ1n) is 5.63. The summed E-state index contributed by atoms with van der Waals surface area (Å²) in [6.45, 7) is 2.26. The molecule has 8 nitrogen and oxygen atoms in total. The topological polar surface area (TPSA) is 107 Å². The lowest BCUT2D eigenvalue weighted by molar-refractivity contribution is -0.384. The Morgan fingerprint density at radius 3 is 3.06 bits per heavy atom. The standard InChI is InChI=1S/C10H15N5O3/c1-14(5-7-2-3-18-6-7)10-12-4-8(15(16)17)9(11)13-10/h4,7H,2-3,5-6H2,1H3,(H2,11,12,13)/t7-/m1/s1. The molecule has 98 valence electrons. The first-order valence-corrected chi connectivity index (χ1v) is 5.63. The molecule has 1 aliphatic heterocycles. The molecule has 0 aromatic carbocycles. The first-order chi connectivity index (χ1) is 8.58. The van der Waals surface area contributed by atoms with E-state index in [4.69, 9.17) is 10.5 Å². The second-order valence-corrected chi connectivity index (χ2v) is 4.31. The van der Waals surface area contributed by atoms with Crippen molar-refractivity contribution >= 4 is 17.5 Å². The summed E-state index contributed by atoms with van der Waals surface area (Å²) in [5, 5.41) is 10.6. The number of nitro groups is 1. The van der Waals surface area contributed by atoms with E-state index in [-0.39, 0.29) is 11.5 Å². The Morgan fingerprint density at radius 2 is 2.50 bits per heavy atom. The lowest BCUT2D eigenvalue weighted by Gasteiger charge is -2.20. The van der Waals surface area contributed by atoms with E-state index in [2.05, 4.69) is 9.97 Å². The van der Waals surface area contributed by atoms with Crippen LogP contribution in [0.3, 0.4) is 0 Å². The van der Waals surface area contributed by atoms with Crippen LogP contribution >= 0.6 is 0 Å². The third-order valence-corrected chi connectivity index (χ3v) is 2.88. The molecule has 0 radical (unpaired) electrons. The SMILES string of the molecule is CN(C[C@H]1CCOC1)c1ncc([N+](=O)[O-])c(N)n1. The third kappa shape index (κ3) is 2.65. The number of anilines is 2. The van der Waals surface area contributed by atoms with Gasteiger partial charge in [0.05, 0.1) is 11.5 Å². The lowest BCUT2D eigenvalue weighted by atomic mass is 10.1. The average Bonchev–Trinajstić information content (AvgIpc) is 2.81. The molecule has 0 amide bonds. The van der Waals surface area contributed by atoms with Gasteiger partial charge in [0.15, 0.2) is 0 Å². The summed E-state index contributed by atoms with van der Waals surface area (Å²) < 4.78 is 5.29. The Balaban J connectivity index is 2.08. The monoisotopic (exact) mass is 253 g/mol. The predicted molar refractivity (Wildman–Crippen MR) is 65.3 cm³/mol. The van der Waals surface area contributed by atoms with Gasteiger partial charge < -0.3 is 15.4 Å². The minimum absolute atomic E-state index is 0.112.